The summed E-state index contributed by atoms with van der Waals surface area (Å²) in [6.45, 7) is 3.68. The molecule has 3 heterocycles. The lowest BCUT2D eigenvalue weighted by molar-refractivity contribution is 0.0598. The van der Waals surface area contributed by atoms with Crippen LogP contribution in [0.2, 0.25) is 0 Å². The first-order valence-corrected chi connectivity index (χ1v) is 8.53. The molecule has 7 heteroatoms. The molecule has 0 unspecified atom stereocenters. The van der Waals surface area contributed by atoms with Gasteiger partial charge in [0.15, 0.2) is 0 Å². The molecule has 0 amide bonds. The molecule has 0 bridgehead atoms. The van der Waals surface area contributed by atoms with Crippen LogP contribution in [0, 0.1) is 0 Å². The van der Waals surface area contributed by atoms with Crippen LogP contribution in [0.4, 0.5) is 5.69 Å². The van der Waals surface area contributed by atoms with Crippen LogP contribution in [-0.4, -0.2) is 49.2 Å². The van der Waals surface area contributed by atoms with E-state index in [1.165, 1.54) is 7.11 Å². The molecule has 0 saturated carbocycles. The summed E-state index contributed by atoms with van der Waals surface area (Å²) in [4.78, 5) is 21.8. The van der Waals surface area contributed by atoms with E-state index in [1.807, 2.05) is 30.5 Å². The lowest BCUT2D eigenvalue weighted by Gasteiger charge is -2.29. The SMILES string of the molecule is COC(=O)c1ccc(N2CCNCC2)cc1Oc1cc2cc[nH]c2cn1. The fraction of sp³-hybridized carbons (Fsp3) is 0.263. The smallest absolute Gasteiger partial charge is 0.341 e. The Kier molecular flexibility index (Phi) is 4.45. The molecule has 0 radical (unpaired) electrons. The maximum Gasteiger partial charge on any atom is 0.341 e. The summed E-state index contributed by atoms with van der Waals surface area (Å²) >= 11 is 0. The number of H-pyrrole nitrogens is 1. The number of rotatable bonds is 4. The van der Waals surface area contributed by atoms with Gasteiger partial charge in [-0.3, -0.25) is 0 Å². The molecule has 1 aromatic carbocycles. The van der Waals surface area contributed by atoms with E-state index in [0.717, 1.165) is 42.8 Å². The predicted octanol–water partition coefficient (Wildman–Crippen LogP) is 2.55. The molecule has 1 aliphatic rings. The van der Waals surface area contributed by atoms with Crippen LogP contribution in [0.3, 0.4) is 0 Å². The van der Waals surface area contributed by atoms with Gasteiger partial charge in [0.2, 0.25) is 5.88 Å². The van der Waals surface area contributed by atoms with Gasteiger partial charge in [-0.05, 0) is 18.2 Å². The van der Waals surface area contributed by atoms with E-state index in [1.54, 1.807) is 12.3 Å². The molecule has 1 fully saturated rings. The average molecular weight is 352 g/mol. The van der Waals surface area contributed by atoms with Gasteiger partial charge >= 0.3 is 5.97 Å². The van der Waals surface area contributed by atoms with Crippen LogP contribution in [-0.2, 0) is 4.74 Å². The van der Waals surface area contributed by atoms with Crippen LogP contribution in [0.15, 0.2) is 42.7 Å². The molecular weight excluding hydrogens is 332 g/mol. The number of nitrogens with one attached hydrogen (secondary N) is 2. The zero-order chi connectivity index (χ0) is 17.9. The van der Waals surface area contributed by atoms with Crippen molar-refractivity contribution in [3.8, 4) is 11.6 Å². The molecule has 134 valence electrons. The third-order valence-corrected chi connectivity index (χ3v) is 4.48. The third-order valence-electron chi connectivity index (χ3n) is 4.48. The number of aromatic amines is 1. The summed E-state index contributed by atoms with van der Waals surface area (Å²) in [5.74, 6) is 0.435. The minimum Gasteiger partial charge on any atom is -0.465 e. The number of hydrogen-bond donors (Lipinski definition) is 2. The summed E-state index contributed by atoms with van der Waals surface area (Å²) in [6, 6.07) is 9.33. The highest BCUT2D eigenvalue weighted by molar-refractivity contribution is 5.93. The minimum absolute atomic E-state index is 0.377. The second kappa shape index (κ2) is 7.05. The normalized spacial score (nSPS) is 14.4. The molecule has 1 saturated heterocycles. The van der Waals surface area contributed by atoms with Crippen LogP contribution >= 0.6 is 0 Å². The number of methoxy groups -OCH3 is 1. The Morgan fingerprint density at radius 2 is 2.04 bits per heavy atom. The Morgan fingerprint density at radius 3 is 2.85 bits per heavy atom. The molecule has 1 aliphatic heterocycles. The summed E-state index contributed by atoms with van der Waals surface area (Å²) in [6.07, 6.45) is 3.56. The molecule has 4 rings (SSSR count). The quantitative estimate of drug-likeness (QED) is 0.703. The van der Waals surface area contributed by atoms with Gasteiger partial charge < -0.3 is 24.7 Å². The number of aromatic nitrogens is 2. The van der Waals surface area contributed by atoms with Gasteiger partial charge in [0.05, 0.1) is 18.8 Å². The van der Waals surface area contributed by atoms with Crippen LogP contribution < -0.4 is 15.0 Å². The molecule has 2 aromatic heterocycles. The van der Waals surface area contributed by atoms with Crippen molar-refractivity contribution in [3.05, 3.63) is 48.3 Å². The summed E-state index contributed by atoms with van der Waals surface area (Å²) in [5, 5.41) is 4.33. The van der Waals surface area contributed by atoms with Crippen molar-refractivity contribution in [1.82, 2.24) is 15.3 Å². The number of ether oxygens (including phenoxy) is 2. The number of esters is 1. The summed E-state index contributed by atoms with van der Waals surface area (Å²) in [7, 11) is 1.36. The second-order valence-electron chi connectivity index (χ2n) is 6.10. The largest absolute Gasteiger partial charge is 0.465 e. The van der Waals surface area contributed by atoms with Crippen molar-refractivity contribution < 1.29 is 14.3 Å². The Hall–Kier alpha value is -3.06. The number of fused-ring (bicyclic) bond motifs is 1. The van der Waals surface area contributed by atoms with E-state index < -0.39 is 5.97 Å². The summed E-state index contributed by atoms with van der Waals surface area (Å²) < 4.78 is 10.9. The Bertz CT molecular complexity index is 931. The molecular formula is C19H20N4O3. The van der Waals surface area contributed by atoms with E-state index >= 15 is 0 Å². The predicted molar refractivity (Wildman–Crippen MR) is 99.0 cm³/mol. The fourth-order valence-corrected chi connectivity index (χ4v) is 3.09. The van der Waals surface area contributed by atoms with E-state index in [0.29, 0.717) is 17.2 Å². The first-order valence-electron chi connectivity index (χ1n) is 8.53. The van der Waals surface area contributed by atoms with Gasteiger partial charge in [-0.2, -0.15) is 0 Å². The first-order chi connectivity index (χ1) is 12.7. The molecule has 2 N–H and O–H groups in total. The number of piperazine rings is 1. The van der Waals surface area contributed by atoms with Gasteiger partial charge in [-0.25, -0.2) is 9.78 Å². The number of benzene rings is 1. The Morgan fingerprint density at radius 1 is 1.19 bits per heavy atom. The first kappa shape index (κ1) is 16.4. The second-order valence-corrected chi connectivity index (χ2v) is 6.10. The topological polar surface area (TPSA) is 79.5 Å². The van der Waals surface area contributed by atoms with Crippen LogP contribution in [0.25, 0.3) is 10.9 Å². The number of carbonyl (C=O) groups is 1. The Balaban J connectivity index is 1.69. The highest BCUT2D eigenvalue weighted by atomic mass is 16.5. The van der Waals surface area contributed by atoms with Gasteiger partial charge in [-0.1, -0.05) is 0 Å². The maximum absolute atomic E-state index is 12.1. The van der Waals surface area contributed by atoms with Crippen molar-refractivity contribution in [1.29, 1.82) is 0 Å². The highest BCUT2D eigenvalue weighted by Crippen LogP contribution is 2.31. The Labute approximate surface area is 150 Å². The fourth-order valence-electron chi connectivity index (χ4n) is 3.09. The number of carbonyl (C=O) groups excluding carboxylic acids is 1. The monoisotopic (exact) mass is 352 g/mol. The average Bonchev–Trinajstić information content (AvgIpc) is 3.16. The molecule has 26 heavy (non-hydrogen) atoms. The van der Waals surface area contributed by atoms with Crippen LogP contribution in [0.1, 0.15) is 10.4 Å². The summed E-state index contributed by atoms with van der Waals surface area (Å²) in [5.41, 5.74) is 2.32. The van der Waals surface area contributed by atoms with Crippen molar-refractivity contribution >= 4 is 22.6 Å². The van der Waals surface area contributed by atoms with E-state index in [2.05, 4.69) is 20.2 Å². The zero-order valence-corrected chi connectivity index (χ0v) is 14.5. The molecule has 0 spiro atoms. The number of anilines is 1. The lowest BCUT2D eigenvalue weighted by Crippen LogP contribution is -2.43. The van der Waals surface area contributed by atoms with Crippen molar-refractivity contribution in [2.24, 2.45) is 0 Å². The highest BCUT2D eigenvalue weighted by Gasteiger charge is 2.18. The van der Waals surface area contributed by atoms with Gasteiger partial charge in [-0.15, -0.1) is 0 Å². The number of hydrogen-bond acceptors (Lipinski definition) is 6. The third kappa shape index (κ3) is 3.21. The zero-order valence-electron chi connectivity index (χ0n) is 14.5. The molecule has 7 nitrogen and oxygen atoms in total. The molecule has 3 aromatic rings. The van der Waals surface area contributed by atoms with Gasteiger partial charge in [0.1, 0.15) is 11.3 Å². The van der Waals surface area contributed by atoms with Crippen molar-refractivity contribution in [2.75, 3.05) is 38.2 Å². The maximum atomic E-state index is 12.1. The van der Waals surface area contributed by atoms with Crippen molar-refractivity contribution in [2.45, 2.75) is 0 Å². The lowest BCUT2D eigenvalue weighted by atomic mass is 10.1. The van der Waals surface area contributed by atoms with Crippen LogP contribution in [0.5, 0.6) is 11.6 Å². The molecule has 0 aliphatic carbocycles. The van der Waals surface area contributed by atoms with Crippen molar-refractivity contribution in [3.63, 3.8) is 0 Å². The number of pyridine rings is 1. The standard InChI is InChI=1S/C19H20N4O3/c1-25-19(24)15-3-2-14(23-8-6-20-7-9-23)11-17(15)26-18-10-13-4-5-21-16(13)12-22-18/h2-5,10-12,20-21H,6-9H2,1H3. The molecule has 0 atom stereocenters. The van der Waals surface area contributed by atoms with E-state index in [-0.39, 0.29) is 0 Å². The van der Waals surface area contributed by atoms with Gasteiger partial charge in [0.25, 0.3) is 0 Å². The van der Waals surface area contributed by atoms with E-state index in [4.69, 9.17) is 9.47 Å². The van der Waals surface area contributed by atoms with E-state index in [9.17, 15) is 4.79 Å². The minimum atomic E-state index is -0.436. The number of nitrogens with zero attached hydrogens (tertiary/aromatic N) is 2. The van der Waals surface area contributed by atoms with Gasteiger partial charge in [0, 0.05) is 55.6 Å².